The Hall–Kier alpha value is 0.100. The molecule has 1 heterocycles. The van der Waals surface area contributed by atoms with E-state index in [0.29, 0.717) is 0 Å². The highest BCUT2D eigenvalue weighted by atomic mass is 79.9. The van der Waals surface area contributed by atoms with Gasteiger partial charge in [0.15, 0.2) is 0 Å². The molecule has 0 aliphatic rings. The van der Waals surface area contributed by atoms with Gasteiger partial charge in [-0.3, -0.25) is 0 Å². The molecule has 0 fully saturated rings. The Morgan fingerprint density at radius 1 is 1.69 bits per heavy atom. The van der Waals surface area contributed by atoms with Gasteiger partial charge in [0.2, 0.25) is 0 Å². The molecular formula is C9H14BrNOS. The molecule has 0 spiro atoms. The zero-order chi connectivity index (χ0) is 10.1. The summed E-state index contributed by atoms with van der Waals surface area (Å²) < 4.78 is 1.03. The fourth-order valence-corrected chi connectivity index (χ4v) is 2.81. The van der Waals surface area contributed by atoms with E-state index in [0.717, 1.165) is 9.35 Å². The summed E-state index contributed by atoms with van der Waals surface area (Å²) in [5.74, 6) is 0. The van der Waals surface area contributed by atoms with Gasteiger partial charge in [0.05, 0.1) is 6.61 Å². The van der Waals surface area contributed by atoms with Gasteiger partial charge < -0.3 is 10.8 Å². The topological polar surface area (TPSA) is 46.2 Å². The standard InChI is InChI=1S/C9H14BrNOS/c1-9(2,5-12)8(11)7-6(10)3-4-13-7/h3-4,8,12H,5,11H2,1-2H3/t8-/m1/s1. The summed E-state index contributed by atoms with van der Waals surface area (Å²) in [7, 11) is 0. The number of aliphatic hydroxyl groups excluding tert-OH is 1. The summed E-state index contributed by atoms with van der Waals surface area (Å²) in [6.07, 6.45) is 0. The molecular weight excluding hydrogens is 250 g/mol. The number of rotatable bonds is 3. The largest absolute Gasteiger partial charge is 0.396 e. The van der Waals surface area contributed by atoms with E-state index in [9.17, 15) is 0 Å². The lowest BCUT2D eigenvalue weighted by molar-refractivity contribution is 0.133. The van der Waals surface area contributed by atoms with Crippen LogP contribution in [0, 0.1) is 5.41 Å². The van der Waals surface area contributed by atoms with E-state index in [1.165, 1.54) is 0 Å². The van der Waals surface area contributed by atoms with Gasteiger partial charge in [-0.2, -0.15) is 0 Å². The normalized spacial score (nSPS) is 14.5. The smallest absolute Gasteiger partial charge is 0.0500 e. The van der Waals surface area contributed by atoms with Crippen LogP contribution in [0.4, 0.5) is 0 Å². The molecule has 1 atom stereocenters. The Morgan fingerprint density at radius 2 is 2.31 bits per heavy atom. The molecule has 2 nitrogen and oxygen atoms in total. The molecule has 0 saturated heterocycles. The number of thiophene rings is 1. The van der Waals surface area contributed by atoms with Crippen LogP contribution in [-0.2, 0) is 0 Å². The van der Waals surface area contributed by atoms with E-state index in [1.54, 1.807) is 11.3 Å². The van der Waals surface area contributed by atoms with Crippen LogP contribution in [0.2, 0.25) is 0 Å². The van der Waals surface area contributed by atoms with Gasteiger partial charge in [0, 0.05) is 20.8 Å². The molecule has 1 aromatic heterocycles. The molecule has 0 amide bonds. The number of aliphatic hydroxyl groups is 1. The van der Waals surface area contributed by atoms with Crippen molar-refractivity contribution < 1.29 is 5.11 Å². The number of hydrogen-bond donors (Lipinski definition) is 2. The minimum Gasteiger partial charge on any atom is -0.396 e. The third-order valence-corrected chi connectivity index (χ3v) is 4.13. The molecule has 1 aromatic rings. The Labute approximate surface area is 90.9 Å². The predicted octanol–water partition coefficient (Wildman–Crippen LogP) is 2.53. The lowest BCUT2D eigenvalue weighted by Crippen LogP contribution is -2.31. The summed E-state index contributed by atoms with van der Waals surface area (Å²) in [5.41, 5.74) is 5.78. The molecule has 13 heavy (non-hydrogen) atoms. The Bertz CT molecular complexity index is 285. The molecule has 0 unspecified atom stereocenters. The lowest BCUT2D eigenvalue weighted by Gasteiger charge is -2.28. The van der Waals surface area contributed by atoms with E-state index < -0.39 is 0 Å². The first-order chi connectivity index (χ1) is 5.99. The molecule has 74 valence electrons. The van der Waals surface area contributed by atoms with Crippen LogP contribution in [-0.4, -0.2) is 11.7 Å². The van der Waals surface area contributed by atoms with Crippen LogP contribution in [0.15, 0.2) is 15.9 Å². The third-order valence-electron chi connectivity index (χ3n) is 2.18. The molecule has 0 aliphatic carbocycles. The van der Waals surface area contributed by atoms with Gasteiger partial charge in [-0.25, -0.2) is 0 Å². The zero-order valence-electron chi connectivity index (χ0n) is 7.75. The molecule has 0 radical (unpaired) electrons. The van der Waals surface area contributed by atoms with Crippen LogP contribution in [0.1, 0.15) is 24.8 Å². The first-order valence-corrected chi connectivity index (χ1v) is 5.75. The second kappa shape index (κ2) is 4.09. The SMILES string of the molecule is CC(C)(CO)[C@H](N)c1sccc1Br. The Balaban J connectivity index is 2.91. The highest BCUT2D eigenvalue weighted by Crippen LogP contribution is 2.37. The monoisotopic (exact) mass is 263 g/mol. The summed E-state index contributed by atoms with van der Waals surface area (Å²) in [6.45, 7) is 4.02. The first kappa shape index (κ1) is 11.2. The minimum atomic E-state index is -0.270. The third kappa shape index (κ3) is 2.31. The van der Waals surface area contributed by atoms with E-state index in [1.807, 2.05) is 25.3 Å². The van der Waals surface area contributed by atoms with Crippen molar-refractivity contribution in [3.63, 3.8) is 0 Å². The number of nitrogens with two attached hydrogens (primary N) is 1. The van der Waals surface area contributed by atoms with Crippen molar-refractivity contribution in [1.82, 2.24) is 0 Å². The van der Waals surface area contributed by atoms with Crippen molar-refractivity contribution in [1.29, 1.82) is 0 Å². The average molecular weight is 264 g/mol. The van der Waals surface area contributed by atoms with Gasteiger partial charge in [-0.1, -0.05) is 13.8 Å². The van der Waals surface area contributed by atoms with Crippen LogP contribution in [0.3, 0.4) is 0 Å². The predicted molar refractivity (Wildman–Crippen MR) is 59.8 cm³/mol. The van der Waals surface area contributed by atoms with E-state index in [-0.39, 0.29) is 18.1 Å². The van der Waals surface area contributed by atoms with E-state index >= 15 is 0 Å². The molecule has 0 aromatic carbocycles. The first-order valence-electron chi connectivity index (χ1n) is 4.08. The molecule has 3 N–H and O–H groups in total. The van der Waals surface area contributed by atoms with Crippen molar-refractivity contribution >= 4 is 27.3 Å². The van der Waals surface area contributed by atoms with Gasteiger partial charge in [0.25, 0.3) is 0 Å². The van der Waals surface area contributed by atoms with Crippen molar-refractivity contribution in [3.05, 3.63) is 20.8 Å². The van der Waals surface area contributed by atoms with Crippen LogP contribution in [0.5, 0.6) is 0 Å². The van der Waals surface area contributed by atoms with E-state index in [2.05, 4.69) is 15.9 Å². The second-order valence-corrected chi connectivity index (χ2v) is 5.56. The lowest BCUT2D eigenvalue weighted by atomic mass is 9.85. The molecule has 4 heteroatoms. The van der Waals surface area contributed by atoms with E-state index in [4.69, 9.17) is 10.8 Å². The number of halogens is 1. The van der Waals surface area contributed by atoms with Crippen LogP contribution < -0.4 is 5.73 Å². The summed E-state index contributed by atoms with van der Waals surface area (Å²) in [4.78, 5) is 1.10. The summed E-state index contributed by atoms with van der Waals surface area (Å²) in [5, 5.41) is 11.2. The molecule has 0 aliphatic heterocycles. The van der Waals surface area contributed by atoms with Crippen molar-refractivity contribution in [2.24, 2.45) is 11.1 Å². The fraction of sp³-hybridized carbons (Fsp3) is 0.556. The van der Waals surface area contributed by atoms with Crippen molar-refractivity contribution in [3.8, 4) is 0 Å². The summed E-state index contributed by atoms with van der Waals surface area (Å²) >= 11 is 5.05. The molecule has 1 rings (SSSR count). The van der Waals surface area contributed by atoms with Gasteiger partial charge in [-0.05, 0) is 27.4 Å². The van der Waals surface area contributed by atoms with Crippen molar-refractivity contribution in [2.45, 2.75) is 19.9 Å². The highest BCUT2D eigenvalue weighted by molar-refractivity contribution is 9.10. The van der Waals surface area contributed by atoms with Gasteiger partial charge >= 0.3 is 0 Å². The zero-order valence-corrected chi connectivity index (χ0v) is 10.2. The van der Waals surface area contributed by atoms with Gasteiger partial charge in [-0.15, -0.1) is 11.3 Å². The number of hydrogen-bond acceptors (Lipinski definition) is 3. The quantitative estimate of drug-likeness (QED) is 0.881. The van der Waals surface area contributed by atoms with Crippen molar-refractivity contribution in [2.75, 3.05) is 6.61 Å². The van der Waals surface area contributed by atoms with Crippen LogP contribution in [0.25, 0.3) is 0 Å². The maximum atomic E-state index is 9.16. The second-order valence-electron chi connectivity index (χ2n) is 3.76. The highest BCUT2D eigenvalue weighted by Gasteiger charge is 2.28. The average Bonchev–Trinajstić information content (AvgIpc) is 2.50. The maximum absolute atomic E-state index is 9.16. The van der Waals surface area contributed by atoms with Crippen LogP contribution >= 0.6 is 27.3 Å². The summed E-state index contributed by atoms with van der Waals surface area (Å²) in [6, 6.07) is 1.86. The Morgan fingerprint density at radius 3 is 2.69 bits per heavy atom. The minimum absolute atomic E-state index is 0.0957. The fourth-order valence-electron chi connectivity index (χ4n) is 0.981. The molecule has 0 saturated carbocycles. The molecule has 0 bridgehead atoms. The Kier molecular flexibility index (Phi) is 3.51. The van der Waals surface area contributed by atoms with Gasteiger partial charge in [0.1, 0.15) is 0 Å². The maximum Gasteiger partial charge on any atom is 0.0500 e.